The van der Waals surface area contributed by atoms with E-state index in [2.05, 4.69) is 15.3 Å². The summed E-state index contributed by atoms with van der Waals surface area (Å²) in [5.74, 6) is -0.496. The van der Waals surface area contributed by atoms with Crippen molar-refractivity contribution in [3.8, 4) is 0 Å². The fourth-order valence-electron chi connectivity index (χ4n) is 1.22. The van der Waals surface area contributed by atoms with Crippen LogP contribution in [0, 0.1) is 0 Å². The first-order chi connectivity index (χ1) is 7.75. The Balaban J connectivity index is 2.22. The van der Waals surface area contributed by atoms with Gasteiger partial charge < -0.3 is 10.4 Å². The van der Waals surface area contributed by atoms with Crippen molar-refractivity contribution in [1.82, 2.24) is 9.97 Å². The second-order valence-corrected chi connectivity index (χ2v) is 3.10. The minimum absolute atomic E-state index is 0.196. The molecule has 5 nitrogen and oxygen atoms in total. The molecule has 0 amide bonds. The number of nitrogens with zero attached hydrogens (tertiary/aromatic N) is 2. The Bertz CT molecular complexity index is 500. The first-order valence-corrected chi connectivity index (χ1v) is 4.62. The van der Waals surface area contributed by atoms with Crippen LogP contribution >= 0.6 is 0 Å². The molecule has 0 radical (unpaired) electrons. The van der Waals surface area contributed by atoms with Crippen molar-refractivity contribution in [2.75, 3.05) is 5.32 Å². The maximum absolute atomic E-state index is 10.7. The number of carbonyl (C=O) groups is 1. The molecule has 2 aromatic heterocycles. The van der Waals surface area contributed by atoms with Crippen molar-refractivity contribution in [3.63, 3.8) is 0 Å². The number of rotatable bonds is 3. The van der Waals surface area contributed by atoms with E-state index >= 15 is 0 Å². The lowest BCUT2D eigenvalue weighted by atomic mass is 10.2. The van der Waals surface area contributed by atoms with Crippen LogP contribution in [0.5, 0.6) is 0 Å². The molecule has 0 aliphatic carbocycles. The summed E-state index contributed by atoms with van der Waals surface area (Å²) in [6.07, 6.45) is 4.74. The smallest absolute Gasteiger partial charge is 0.335 e. The second-order valence-electron chi connectivity index (χ2n) is 3.10. The van der Waals surface area contributed by atoms with E-state index in [1.54, 1.807) is 18.5 Å². The highest BCUT2D eigenvalue weighted by Gasteiger charge is 2.03. The van der Waals surface area contributed by atoms with Crippen LogP contribution in [0.4, 0.5) is 11.5 Å². The predicted molar refractivity (Wildman–Crippen MR) is 58.7 cm³/mol. The normalized spacial score (nSPS) is 9.75. The summed E-state index contributed by atoms with van der Waals surface area (Å²) in [4.78, 5) is 18.7. The zero-order valence-corrected chi connectivity index (χ0v) is 8.29. The molecule has 2 aromatic rings. The Kier molecular flexibility index (Phi) is 2.77. The number of hydrogen-bond donors (Lipinski definition) is 2. The lowest BCUT2D eigenvalue weighted by molar-refractivity contribution is 0.0697. The molecule has 2 N–H and O–H groups in total. The van der Waals surface area contributed by atoms with Gasteiger partial charge in [-0.1, -0.05) is 0 Å². The van der Waals surface area contributed by atoms with Crippen LogP contribution in [0.2, 0.25) is 0 Å². The topological polar surface area (TPSA) is 75.1 Å². The summed E-state index contributed by atoms with van der Waals surface area (Å²) < 4.78 is 0. The summed E-state index contributed by atoms with van der Waals surface area (Å²) in [6, 6.07) is 6.51. The lowest BCUT2D eigenvalue weighted by Gasteiger charge is -2.04. The summed E-state index contributed by atoms with van der Waals surface area (Å²) in [5, 5.41) is 11.8. The third-order valence-electron chi connectivity index (χ3n) is 1.94. The SMILES string of the molecule is O=C(O)c1ccnc(Nc2cccnc2)c1. The minimum Gasteiger partial charge on any atom is -0.478 e. The molecule has 0 bridgehead atoms. The first kappa shape index (κ1) is 10.1. The highest BCUT2D eigenvalue weighted by atomic mass is 16.4. The van der Waals surface area contributed by atoms with E-state index in [4.69, 9.17) is 5.11 Å². The van der Waals surface area contributed by atoms with E-state index in [0.717, 1.165) is 5.69 Å². The monoisotopic (exact) mass is 215 g/mol. The molecule has 2 heterocycles. The van der Waals surface area contributed by atoms with Gasteiger partial charge in [-0.25, -0.2) is 9.78 Å². The summed E-state index contributed by atoms with van der Waals surface area (Å²) in [5.41, 5.74) is 0.957. The Labute approximate surface area is 91.8 Å². The van der Waals surface area contributed by atoms with E-state index in [1.165, 1.54) is 18.3 Å². The Hall–Kier alpha value is -2.43. The van der Waals surface area contributed by atoms with E-state index < -0.39 is 5.97 Å². The number of aromatic carboxylic acids is 1. The van der Waals surface area contributed by atoms with Gasteiger partial charge in [0.15, 0.2) is 0 Å². The maximum Gasteiger partial charge on any atom is 0.335 e. The molecule has 0 aromatic carbocycles. The highest BCUT2D eigenvalue weighted by molar-refractivity contribution is 5.88. The van der Waals surface area contributed by atoms with Gasteiger partial charge in [-0.2, -0.15) is 0 Å². The van der Waals surface area contributed by atoms with E-state index in [-0.39, 0.29) is 5.56 Å². The van der Waals surface area contributed by atoms with Crippen molar-refractivity contribution in [3.05, 3.63) is 48.4 Å². The molecule has 16 heavy (non-hydrogen) atoms. The average molecular weight is 215 g/mol. The number of anilines is 2. The summed E-state index contributed by atoms with van der Waals surface area (Å²) in [6.45, 7) is 0. The molecule has 0 saturated heterocycles. The number of carboxylic acid groups (broad SMARTS) is 1. The fourth-order valence-corrected chi connectivity index (χ4v) is 1.22. The molecule has 0 saturated carbocycles. The van der Waals surface area contributed by atoms with Gasteiger partial charge in [0, 0.05) is 12.4 Å². The van der Waals surface area contributed by atoms with Crippen molar-refractivity contribution in [2.24, 2.45) is 0 Å². The van der Waals surface area contributed by atoms with E-state index in [1.807, 2.05) is 6.07 Å². The number of aromatic nitrogens is 2. The zero-order valence-electron chi connectivity index (χ0n) is 8.29. The number of hydrogen-bond acceptors (Lipinski definition) is 4. The molecule has 0 aliphatic heterocycles. The molecule has 0 unspecified atom stereocenters. The molecule has 2 rings (SSSR count). The highest BCUT2D eigenvalue weighted by Crippen LogP contribution is 2.13. The number of carboxylic acids is 1. The van der Waals surface area contributed by atoms with Gasteiger partial charge in [-0.15, -0.1) is 0 Å². The molecular formula is C11H9N3O2. The second kappa shape index (κ2) is 4.39. The largest absolute Gasteiger partial charge is 0.478 e. The quantitative estimate of drug-likeness (QED) is 0.818. The minimum atomic E-state index is -0.975. The first-order valence-electron chi connectivity index (χ1n) is 4.62. The molecule has 0 aliphatic rings. The van der Waals surface area contributed by atoms with Crippen LogP contribution in [0.15, 0.2) is 42.9 Å². The third kappa shape index (κ3) is 2.33. The fraction of sp³-hybridized carbons (Fsp3) is 0. The van der Waals surface area contributed by atoms with Crippen LogP contribution in [0.1, 0.15) is 10.4 Å². The summed E-state index contributed by atoms with van der Waals surface area (Å²) >= 11 is 0. The zero-order chi connectivity index (χ0) is 11.4. The van der Waals surface area contributed by atoms with Crippen LogP contribution < -0.4 is 5.32 Å². The van der Waals surface area contributed by atoms with Crippen LogP contribution in [-0.2, 0) is 0 Å². The Morgan fingerprint density at radius 1 is 1.31 bits per heavy atom. The predicted octanol–water partition coefficient (Wildman–Crippen LogP) is 1.92. The van der Waals surface area contributed by atoms with Crippen molar-refractivity contribution in [2.45, 2.75) is 0 Å². The van der Waals surface area contributed by atoms with E-state index in [9.17, 15) is 4.79 Å². The van der Waals surface area contributed by atoms with E-state index in [0.29, 0.717) is 5.82 Å². The average Bonchev–Trinajstić information content (AvgIpc) is 2.30. The van der Waals surface area contributed by atoms with Gasteiger partial charge in [0.1, 0.15) is 5.82 Å². The maximum atomic E-state index is 10.7. The van der Waals surface area contributed by atoms with Crippen molar-refractivity contribution in [1.29, 1.82) is 0 Å². The standard InChI is InChI=1S/C11H9N3O2/c15-11(16)8-3-5-13-10(6-8)14-9-2-1-4-12-7-9/h1-7H,(H,13,14)(H,15,16). The number of nitrogens with one attached hydrogen (secondary N) is 1. The van der Waals surface area contributed by atoms with Crippen molar-refractivity contribution < 1.29 is 9.90 Å². The molecule has 5 heteroatoms. The van der Waals surface area contributed by atoms with Crippen LogP contribution in [0.3, 0.4) is 0 Å². The Morgan fingerprint density at radius 2 is 2.19 bits per heavy atom. The van der Waals surface area contributed by atoms with Gasteiger partial charge in [0.05, 0.1) is 17.4 Å². The number of pyridine rings is 2. The van der Waals surface area contributed by atoms with Gasteiger partial charge in [0.2, 0.25) is 0 Å². The van der Waals surface area contributed by atoms with Gasteiger partial charge in [-0.3, -0.25) is 4.98 Å². The molecule has 80 valence electrons. The molecule has 0 fully saturated rings. The van der Waals surface area contributed by atoms with Crippen LogP contribution in [-0.4, -0.2) is 21.0 Å². The van der Waals surface area contributed by atoms with Gasteiger partial charge >= 0.3 is 5.97 Å². The molecule has 0 atom stereocenters. The Morgan fingerprint density at radius 3 is 2.88 bits per heavy atom. The summed E-state index contributed by atoms with van der Waals surface area (Å²) in [7, 11) is 0. The molecule has 0 spiro atoms. The van der Waals surface area contributed by atoms with Gasteiger partial charge in [0.25, 0.3) is 0 Å². The van der Waals surface area contributed by atoms with Gasteiger partial charge in [-0.05, 0) is 24.3 Å². The lowest BCUT2D eigenvalue weighted by Crippen LogP contribution is -1.99. The molecular weight excluding hydrogens is 206 g/mol. The third-order valence-corrected chi connectivity index (χ3v) is 1.94. The van der Waals surface area contributed by atoms with Crippen molar-refractivity contribution >= 4 is 17.5 Å². The van der Waals surface area contributed by atoms with Crippen LogP contribution in [0.25, 0.3) is 0 Å².